The van der Waals surface area contributed by atoms with Crippen molar-refractivity contribution in [3.05, 3.63) is 70.0 Å². The molecule has 3 aromatic rings. The zero-order chi connectivity index (χ0) is 19.9. The van der Waals surface area contributed by atoms with Gasteiger partial charge in [0.15, 0.2) is 11.7 Å². The number of ether oxygens (including phenoxy) is 1. The summed E-state index contributed by atoms with van der Waals surface area (Å²) < 4.78 is 5.17. The third kappa shape index (κ3) is 4.61. The molecular weight excluding hydrogens is 388 g/mol. The van der Waals surface area contributed by atoms with Crippen LogP contribution in [-0.4, -0.2) is 23.6 Å². The third-order valence-corrected chi connectivity index (χ3v) is 6.11. The average Bonchev–Trinajstić information content (AvgIpc) is 3.23. The van der Waals surface area contributed by atoms with Gasteiger partial charge in [0, 0.05) is 22.3 Å². The molecule has 1 heterocycles. The molecule has 1 atom stereocenters. The van der Waals surface area contributed by atoms with Gasteiger partial charge in [-0.25, -0.2) is 4.98 Å². The minimum atomic E-state index is -0.895. The molecule has 142 valence electrons. The Morgan fingerprint density at radius 2 is 1.93 bits per heavy atom. The van der Waals surface area contributed by atoms with E-state index in [1.165, 1.54) is 16.9 Å². The Morgan fingerprint density at radius 3 is 2.54 bits per heavy atom. The van der Waals surface area contributed by atoms with Crippen LogP contribution in [0.3, 0.4) is 0 Å². The van der Waals surface area contributed by atoms with Crippen molar-refractivity contribution in [2.24, 2.45) is 0 Å². The van der Waals surface area contributed by atoms with E-state index in [1.807, 2.05) is 53.5 Å². The highest BCUT2D eigenvalue weighted by molar-refractivity contribution is 7.98. The number of thiazole rings is 1. The molecule has 2 aromatic carbocycles. The Kier molecular flexibility index (Phi) is 6.85. The Morgan fingerprint density at radius 1 is 1.21 bits per heavy atom. The quantitative estimate of drug-likeness (QED) is 0.457. The first-order valence-corrected chi connectivity index (χ1v) is 10.9. The number of methoxy groups -OCH3 is 1. The van der Waals surface area contributed by atoms with Crippen LogP contribution in [0.15, 0.2) is 53.9 Å². The van der Waals surface area contributed by atoms with Gasteiger partial charge in [0.05, 0.1) is 18.9 Å². The summed E-state index contributed by atoms with van der Waals surface area (Å²) in [6, 6.07) is 17.2. The summed E-state index contributed by atoms with van der Waals surface area (Å²) in [7, 11) is 1.62. The second kappa shape index (κ2) is 9.54. The SMILES string of the molecule is CCSCc1ccc(C(=O)C(C#N)c2nc(-c3ccc(OC)cc3)cs2)cc1. The smallest absolute Gasteiger partial charge is 0.186 e. The fourth-order valence-electron chi connectivity index (χ4n) is 2.69. The highest BCUT2D eigenvalue weighted by Gasteiger charge is 2.25. The second-order valence-electron chi connectivity index (χ2n) is 6.06. The lowest BCUT2D eigenvalue weighted by Crippen LogP contribution is -2.11. The topological polar surface area (TPSA) is 63.0 Å². The van der Waals surface area contributed by atoms with E-state index in [0.29, 0.717) is 10.6 Å². The van der Waals surface area contributed by atoms with Gasteiger partial charge >= 0.3 is 0 Å². The molecule has 28 heavy (non-hydrogen) atoms. The Bertz CT molecular complexity index is 973. The molecule has 0 saturated carbocycles. The number of carbonyl (C=O) groups excluding carboxylic acids is 1. The highest BCUT2D eigenvalue weighted by atomic mass is 32.2. The molecule has 3 rings (SSSR count). The van der Waals surface area contributed by atoms with Crippen LogP contribution in [-0.2, 0) is 5.75 Å². The van der Waals surface area contributed by atoms with Crippen LogP contribution in [0.2, 0.25) is 0 Å². The van der Waals surface area contributed by atoms with E-state index < -0.39 is 5.92 Å². The van der Waals surface area contributed by atoms with Gasteiger partial charge in [0.25, 0.3) is 0 Å². The van der Waals surface area contributed by atoms with E-state index >= 15 is 0 Å². The van der Waals surface area contributed by atoms with Crippen LogP contribution in [0.4, 0.5) is 0 Å². The number of nitrogens with zero attached hydrogens (tertiary/aromatic N) is 2. The lowest BCUT2D eigenvalue weighted by atomic mass is 9.98. The number of ketones is 1. The second-order valence-corrected chi connectivity index (χ2v) is 8.22. The minimum absolute atomic E-state index is 0.215. The van der Waals surface area contributed by atoms with Gasteiger partial charge in [0.1, 0.15) is 10.8 Å². The minimum Gasteiger partial charge on any atom is -0.497 e. The first-order chi connectivity index (χ1) is 13.7. The summed E-state index contributed by atoms with van der Waals surface area (Å²) in [5.41, 5.74) is 3.39. The molecule has 0 amide bonds. The third-order valence-electron chi connectivity index (χ3n) is 4.26. The van der Waals surface area contributed by atoms with Crippen LogP contribution < -0.4 is 4.74 Å². The van der Waals surface area contributed by atoms with Gasteiger partial charge in [0.2, 0.25) is 0 Å². The number of carbonyl (C=O) groups is 1. The average molecular weight is 409 g/mol. The first kappa shape index (κ1) is 20.1. The number of Topliss-reactive ketones (excluding diaryl/α,β-unsaturated/α-hetero) is 1. The number of aromatic nitrogens is 1. The fraction of sp³-hybridized carbons (Fsp3) is 0.227. The van der Waals surface area contributed by atoms with Gasteiger partial charge in [-0.3, -0.25) is 4.79 Å². The molecule has 6 heteroatoms. The van der Waals surface area contributed by atoms with E-state index in [0.717, 1.165) is 28.5 Å². The summed E-state index contributed by atoms with van der Waals surface area (Å²) in [5, 5.41) is 12.0. The fourth-order valence-corrected chi connectivity index (χ4v) is 4.19. The van der Waals surface area contributed by atoms with Crippen molar-refractivity contribution in [1.82, 2.24) is 4.98 Å². The maximum absolute atomic E-state index is 12.9. The van der Waals surface area contributed by atoms with Gasteiger partial charge in [-0.2, -0.15) is 17.0 Å². The number of thioether (sulfide) groups is 1. The van der Waals surface area contributed by atoms with Gasteiger partial charge in [-0.1, -0.05) is 31.2 Å². The Hall–Kier alpha value is -2.62. The molecule has 1 aromatic heterocycles. The molecule has 0 aliphatic carbocycles. The molecule has 0 radical (unpaired) electrons. The van der Waals surface area contributed by atoms with Crippen LogP contribution in [0.25, 0.3) is 11.3 Å². The van der Waals surface area contributed by atoms with E-state index in [4.69, 9.17) is 4.74 Å². The normalized spacial score (nSPS) is 11.6. The molecule has 0 aliphatic rings. The van der Waals surface area contributed by atoms with Crippen LogP contribution >= 0.6 is 23.1 Å². The van der Waals surface area contributed by atoms with Gasteiger partial charge in [-0.15, -0.1) is 11.3 Å². The van der Waals surface area contributed by atoms with Gasteiger partial charge in [-0.05, 0) is 35.6 Å². The predicted molar refractivity (Wildman–Crippen MR) is 115 cm³/mol. The summed E-state index contributed by atoms with van der Waals surface area (Å²) in [4.78, 5) is 17.4. The molecule has 0 aliphatic heterocycles. The van der Waals surface area contributed by atoms with Crippen molar-refractivity contribution in [3.8, 4) is 23.1 Å². The van der Waals surface area contributed by atoms with E-state index in [9.17, 15) is 10.1 Å². The Balaban J connectivity index is 1.78. The van der Waals surface area contributed by atoms with Crippen molar-refractivity contribution < 1.29 is 9.53 Å². The van der Waals surface area contributed by atoms with Crippen molar-refractivity contribution in [1.29, 1.82) is 5.26 Å². The molecule has 0 spiro atoms. The number of rotatable bonds is 8. The van der Waals surface area contributed by atoms with Crippen molar-refractivity contribution in [3.63, 3.8) is 0 Å². The monoisotopic (exact) mass is 408 g/mol. The lowest BCUT2D eigenvalue weighted by molar-refractivity contribution is 0.0979. The zero-order valence-corrected chi connectivity index (χ0v) is 17.3. The number of hydrogen-bond donors (Lipinski definition) is 0. The number of hydrogen-bond acceptors (Lipinski definition) is 6. The first-order valence-electron chi connectivity index (χ1n) is 8.86. The van der Waals surface area contributed by atoms with E-state index in [2.05, 4.69) is 18.0 Å². The van der Waals surface area contributed by atoms with Gasteiger partial charge < -0.3 is 4.74 Å². The molecule has 0 N–H and O–H groups in total. The maximum Gasteiger partial charge on any atom is 0.186 e. The maximum atomic E-state index is 12.9. The van der Waals surface area contributed by atoms with Crippen LogP contribution in [0.5, 0.6) is 5.75 Å². The van der Waals surface area contributed by atoms with E-state index in [1.54, 1.807) is 19.2 Å². The van der Waals surface area contributed by atoms with Crippen LogP contribution in [0.1, 0.15) is 33.8 Å². The molecule has 0 bridgehead atoms. The summed E-state index contributed by atoms with van der Waals surface area (Å²) in [6.07, 6.45) is 0. The summed E-state index contributed by atoms with van der Waals surface area (Å²) in [6.45, 7) is 2.12. The number of nitriles is 1. The molecular formula is C22H20N2O2S2. The van der Waals surface area contributed by atoms with E-state index in [-0.39, 0.29) is 5.78 Å². The van der Waals surface area contributed by atoms with Crippen molar-refractivity contribution in [2.45, 2.75) is 18.6 Å². The summed E-state index contributed by atoms with van der Waals surface area (Å²) in [5.74, 6) is 1.63. The largest absolute Gasteiger partial charge is 0.497 e. The Labute approximate surface area is 173 Å². The number of benzene rings is 2. The summed E-state index contributed by atoms with van der Waals surface area (Å²) >= 11 is 3.17. The molecule has 0 fully saturated rings. The lowest BCUT2D eigenvalue weighted by Gasteiger charge is -2.07. The van der Waals surface area contributed by atoms with Crippen LogP contribution in [0, 0.1) is 11.3 Å². The van der Waals surface area contributed by atoms with Crippen molar-refractivity contribution >= 4 is 28.9 Å². The highest BCUT2D eigenvalue weighted by Crippen LogP contribution is 2.29. The van der Waals surface area contributed by atoms with Crippen molar-refractivity contribution in [2.75, 3.05) is 12.9 Å². The molecule has 4 nitrogen and oxygen atoms in total. The molecule has 0 saturated heterocycles. The zero-order valence-electron chi connectivity index (χ0n) is 15.7. The molecule has 1 unspecified atom stereocenters. The predicted octanol–water partition coefficient (Wildman–Crippen LogP) is 5.56. The standard InChI is InChI=1S/C22H20N2O2S2/c1-3-27-13-15-4-6-17(7-5-15)21(25)19(12-23)22-24-20(14-28-22)16-8-10-18(26-2)11-9-16/h4-11,14,19H,3,13H2,1-2H3.